The van der Waals surface area contributed by atoms with Gasteiger partial charge in [0.2, 0.25) is 5.91 Å². The molecule has 17 heavy (non-hydrogen) atoms. The lowest BCUT2D eigenvalue weighted by Gasteiger charge is -2.20. The smallest absolute Gasteiger partial charge is 0.262 e. The molecule has 2 rings (SSSR count). The van der Waals surface area contributed by atoms with Gasteiger partial charge in [-0.1, -0.05) is 6.07 Å². The zero-order chi connectivity index (χ0) is 12.4. The first-order valence-electron chi connectivity index (χ1n) is 5.15. The number of likely N-dealkylation sites (N-methyl/N-ethyl adjacent to an activating group) is 1. The minimum Gasteiger partial charge on any atom is -0.482 e. The molecule has 1 aliphatic heterocycles. The van der Waals surface area contributed by atoms with Gasteiger partial charge in [-0.3, -0.25) is 9.59 Å². The van der Waals surface area contributed by atoms with Gasteiger partial charge in [-0.2, -0.15) is 0 Å². The fourth-order valence-electron chi connectivity index (χ4n) is 1.75. The number of primary amides is 1. The number of hydrogen-bond donors (Lipinski definition) is 3. The molecule has 0 saturated heterocycles. The number of carbonyl (C=O) groups excluding carboxylic acids is 2. The summed E-state index contributed by atoms with van der Waals surface area (Å²) in [5.41, 5.74) is 6.50. The molecule has 0 aromatic heterocycles. The van der Waals surface area contributed by atoms with E-state index in [9.17, 15) is 9.59 Å². The van der Waals surface area contributed by atoms with Crippen LogP contribution in [0, 0.1) is 0 Å². The number of nitrogens with two attached hydrogens (primary N) is 1. The molecule has 0 radical (unpaired) electrons. The Morgan fingerprint density at radius 3 is 3.00 bits per heavy atom. The molecule has 1 aromatic carbocycles. The van der Waals surface area contributed by atoms with E-state index in [1.165, 1.54) is 0 Å². The van der Waals surface area contributed by atoms with Crippen LogP contribution < -0.4 is 21.1 Å². The molecule has 0 bridgehead atoms. The number of anilines is 1. The summed E-state index contributed by atoms with van der Waals surface area (Å²) in [6.07, 6.45) is 0. The summed E-state index contributed by atoms with van der Waals surface area (Å²) in [7, 11) is 1.64. The maximum absolute atomic E-state index is 11.2. The molecule has 6 heteroatoms. The normalized spacial score (nSPS) is 15.5. The lowest BCUT2D eigenvalue weighted by atomic mass is 10.0. The topological polar surface area (TPSA) is 93.5 Å². The molecule has 0 spiro atoms. The highest BCUT2D eigenvalue weighted by Crippen LogP contribution is 2.30. The van der Waals surface area contributed by atoms with E-state index in [4.69, 9.17) is 10.5 Å². The fraction of sp³-hybridized carbons (Fsp3) is 0.273. The largest absolute Gasteiger partial charge is 0.482 e. The summed E-state index contributed by atoms with van der Waals surface area (Å²) in [6.45, 7) is 0.0115. The van der Waals surface area contributed by atoms with E-state index in [0.717, 1.165) is 0 Å². The number of amides is 2. The van der Waals surface area contributed by atoms with E-state index in [0.29, 0.717) is 17.0 Å². The van der Waals surface area contributed by atoms with Gasteiger partial charge in [-0.15, -0.1) is 0 Å². The van der Waals surface area contributed by atoms with Crippen LogP contribution in [0.15, 0.2) is 18.2 Å². The summed E-state index contributed by atoms with van der Waals surface area (Å²) in [4.78, 5) is 22.4. The average molecular weight is 235 g/mol. The fourth-order valence-corrected chi connectivity index (χ4v) is 1.75. The molecular weight excluding hydrogens is 222 g/mol. The maximum atomic E-state index is 11.2. The second kappa shape index (κ2) is 4.42. The van der Waals surface area contributed by atoms with Gasteiger partial charge in [0.1, 0.15) is 11.8 Å². The highest BCUT2D eigenvalue weighted by Gasteiger charge is 2.20. The lowest BCUT2D eigenvalue weighted by molar-refractivity contribution is -0.120. The van der Waals surface area contributed by atoms with Crippen molar-refractivity contribution in [3.8, 4) is 5.75 Å². The third-order valence-corrected chi connectivity index (χ3v) is 2.54. The van der Waals surface area contributed by atoms with Crippen molar-refractivity contribution in [3.05, 3.63) is 23.8 Å². The number of benzene rings is 1. The Labute approximate surface area is 98.1 Å². The molecule has 0 fully saturated rings. The van der Waals surface area contributed by atoms with Gasteiger partial charge in [0.15, 0.2) is 6.61 Å². The van der Waals surface area contributed by atoms with Gasteiger partial charge >= 0.3 is 0 Å². The van der Waals surface area contributed by atoms with Crippen LogP contribution >= 0.6 is 0 Å². The van der Waals surface area contributed by atoms with Crippen LogP contribution in [0.4, 0.5) is 5.69 Å². The number of fused-ring (bicyclic) bond motifs is 1. The van der Waals surface area contributed by atoms with E-state index in [1.807, 2.05) is 0 Å². The van der Waals surface area contributed by atoms with Crippen LogP contribution in [-0.4, -0.2) is 25.5 Å². The molecule has 0 aliphatic carbocycles. The van der Waals surface area contributed by atoms with Crippen LogP contribution in [-0.2, 0) is 9.59 Å². The van der Waals surface area contributed by atoms with Gasteiger partial charge < -0.3 is 21.1 Å². The third-order valence-electron chi connectivity index (χ3n) is 2.54. The highest BCUT2D eigenvalue weighted by atomic mass is 16.5. The van der Waals surface area contributed by atoms with Crippen molar-refractivity contribution in [1.29, 1.82) is 0 Å². The molecule has 4 N–H and O–H groups in total. The summed E-state index contributed by atoms with van der Waals surface area (Å²) in [5, 5.41) is 5.48. The Balaban J connectivity index is 2.35. The standard InChI is InChI=1S/C11H13N3O3/c1-13-10(11(12)16)6-2-3-8-7(4-6)14-9(15)5-17-8/h2-4,10,13H,5H2,1H3,(H2,12,16)(H,14,15). The van der Waals surface area contributed by atoms with Crippen molar-refractivity contribution >= 4 is 17.5 Å². The van der Waals surface area contributed by atoms with Crippen molar-refractivity contribution in [2.75, 3.05) is 19.0 Å². The molecule has 1 aromatic rings. The van der Waals surface area contributed by atoms with Gasteiger partial charge in [0.25, 0.3) is 5.91 Å². The number of hydrogen-bond acceptors (Lipinski definition) is 4. The molecular formula is C11H13N3O3. The van der Waals surface area contributed by atoms with E-state index in [1.54, 1.807) is 25.2 Å². The molecule has 1 heterocycles. The van der Waals surface area contributed by atoms with Crippen LogP contribution in [0.5, 0.6) is 5.75 Å². The predicted octanol–water partition coefficient (Wildman–Crippen LogP) is -0.237. The minimum atomic E-state index is -0.584. The monoisotopic (exact) mass is 235 g/mol. The third kappa shape index (κ3) is 2.21. The first-order chi connectivity index (χ1) is 8.11. The molecule has 6 nitrogen and oxygen atoms in total. The molecule has 90 valence electrons. The van der Waals surface area contributed by atoms with Crippen molar-refractivity contribution in [1.82, 2.24) is 5.32 Å². The number of nitrogens with one attached hydrogen (secondary N) is 2. The van der Waals surface area contributed by atoms with Crippen LogP contribution in [0.25, 0.3) is 0 Å². The number of ether oxygens (including phenoxy) is 1. The Kier molecular flexibility index (Phi) is 2.97. The summed E-state index contributed by atoms with van der Waals surface area (Å²) < 4.78 is 5.22. The molecule has 2 amide bonds. The lowest BCUT2D eigenvalue weighted by Crippen LogP contribution is -2.31. The molecule has 1 atom stereocenters. The second-order valence-electron chi connectivity index (χ2n) is 3.72. The summed E-state index contributed by atoms with van der Waals surface area (Å²) >= 11 is 0. The van der Waals surface area contributed by atoms with Crippen molar-refractivity contribution in [3.63, 3.8) is 0 Å². The minimum absolute atomic E-state index is 0.0115. The maximum Gasteiger partial charge on any atom is 0.262 e. The Morgan fingerprint density at radius 2 is 2.35 bits per heavy atom. The first kappa shape index (κ1) is 11.4. The summed E-state index contributed by atoms with van der Waals surface area (Å²) in [6, 6.07) is 4.54. The van der Waals surface area contributed by atoms with Crippen molar-refractivity contribution in [2.45, 2.75) is 6.04 Å². The number of carbonyl (C=O) groups is 2. The highest BCUT2D eigenvalue weighted by molar-refractivity contribution is 5.95. The Hall–Kier alpha value is -2.08. The predicted molar refractivity (Wildman–Crippen MR) is 61.6 cm³/mol. The van der Waals surface area contributed by atoms with E-state index >= 15 is 0 Å². The van der Waals surface area contributed by atoms with Gasteiger partial charge in [-0.05, 0) is 24.7 Å². The Bertz CT molecular complexity index is 473. The van der Waals surface area contributed by atoms with Gasteiger partial charge in [0, 0.05) is 0 Å². The Morgan fingerprint density at radius 1 is 1.59 bits per heavy atom. The van der Waals surface area contributed by atoms with Crippen molar-refractivity contribution < 1.29 is 14.3 Å². The SMILES string of the molecule is CNC(C(N)=O)c1ccc2c(c1)NC(=O)CO2. The average Bonchev–Trinajstić information content (AvgIpc) is 2.29. The quantitative estimate of drug-likeness (QED) is 0.674. The van der Waals surface area contributed by atoms with E-state index < -0.39 is 11.9 Å². The molecule has 1 aliphatic rings. The van der Waals surface area contributed by atoms with E-state index in [-0.39, 0.29) is 12.5 Å². The van der Waals surface area contributed by atoms with Crippen molar-refractivity contribution in [2.24, 2.45) is 5.73 Å². The summed E-state index contributed by atoms with van der Waals surface area (Å²) in [5.74, 6) is -0.0992. The van der Waals surface area contributed by atoms with E-state index in [2.05, 4.69) is 10.6 Å². The van der Waals surface area contributed by atoms with Crippen LogP contribution in [0.2, 0.25) is 0 Å². The number of rotatable bonds is 3. The van der Waals surface area contributed by atoms with Crippen LogP contribution in [0.3, 0.4) is 0 Å². The zero-order valence-corrected chi connectivity index (χ0v) is 9.32. The molecule has 0 saturated carbocycles. The molecule has 1 unspecified atom stereocenters. The zero-order valence-electron chi connectivity index (χ0n) is 9.32. The van der Waals surface area contributed by atoms with Gasteiger partial charge in [-0.25, -0.2) is 0 Å². The second-order valence-corrected chi connectivity index (χ2v) is 3.72. The van der Waals surface area contributed by atoms with Gasteiger partial charge in [0.05, 0.1) is 5.69 Å². The first-order valence-corrected chi connectivity index (χ1v) is 5.15. The van der Waals surface area contributed by atoms with Crippen LogP contribution in [0.1, 0.15) is 11.6 Å².